The molecule has 2 rings (SSSR count). The van der Waals surface area contributed by atoms with Crippen molar-refractivity contribution in [2.45, 2.75) is 26.9 Å². The van der Waals surface area contributed by atoms with Crippen LogP contribution < -0.4 is 10.6 Å². The van der Waals surface area contributed by atoms with Crippen LogP contribution in [0.15, 0.2) is 29.3 Å². The first-order valence-electron chi connectivity index (χ1n) is 7.47. The van der Waals surface area contributed by atoms with Crippen LogP contribution in [0.3, 0.4) is 0 Å². The molecule has 0 aliphatic carbocycles. The number of nitrogens with one attached hydrogen (secondary N) is 2. The van der Waals surface area contributed by atoms with Crippen molar-refractivity contribution in [2.24, 2.45) is 12.0 Å². The quantitative estimate of drug-likeness (QED) is 0.437. The summed E-state index contributed by atoms with van der Waals surface area (Å²) in [6, 6.07) is 9.62. The van der Waals surface area contributed by atoms with Crippen molar-refractivity contribution < 1.29 is 0 Å². The van der Waals surface area contributed by atoms with E-state index in [4.69, 9.17) is 5.26 Å². The number of aliphatic imine (C=N–C) groups is 1. The molecule has 0 atom stereocenters. The summed E-state index contributed by atoms with van der Waals surface area (Å²) in [7, 11) is 3.70. The zero-order chi connectivity index (χ0) is 16.8. The van der Waals surface area contributed by atoms with E-state index >= 15 is 0 Å². The third-order valence-electron chi connectivity index (χ3n) is 3.86. The van der Waals surface area contributed by atoms with Gasteiger partial charge in [0.25, 0.3) is 0 Å². The minimum Gasteiger partial charge on any atom is -0.352 e. The Morgan fingerprint density at radius 1 is 1.21 bits per heavy atom. The van der Waals surface area contributed by atoms with Crippen LogP contribution in [-0.2, 0) is 20.1 Å². The maximum Gasteiger partial charge on any atom is 0.191 e. The second-order valence-electron chi connectivity index (χ2n) is 5.36. The van der Waals surface area contributed by atoms with Gasteiger partial charge in [0.2, 0.25) is 0 Å². The van der Waals surface area contributed by atoms with Crippen LogP contribution in [0.25, 0.3) is 0 Å². The highest BCUT2D eigenvalue weighted by molar-refractivity contribution is 14.0. The lowest BCUT2D eigenvalue weighted by atomic mass is 10.1. The number of rotatable bonds is 4. The summed E-state index contributed by atoms with van der Waals surface area (Å²) in [6.07, 6.45) is 0. The van der Waals surface area contributed by atoms with Crippen LogP contribution in [0.2, 0.25) is 0 Å². The van der Waals surface area contributed by atoms with Gasteiger partial charge >= 0.3 is 0 Å². The summed E-state index contributed by atoms with van der Waals surface area (Å²) >= 11 is 0. The van der Waals surface area contributed by atoms with E-state index in [1.165, 1.54) is 5.56 Å². The number of guanidine groups is 1. The van der Waals surface area contributed by atoms with Crippen LogP contribution in [0.1, 0.15) is 28.1 Å². The largest absolute Gasteiger partial charge is 0.352 e. The number of aryl methyl sites for hydroxylation is 2. The van der Waals surface area contributed by atoms with Crippen LogP contribution >= 0.6 is 24.0 Å². The van der Waals surface area contributed by atoms with Crippen molar-refractivity contribution in [3.8, 4) is 6.07 Å². The first-order valence-corrected chi connectivity index (χ1v) is 7.47. The molecule has 0 amide bonds. The molecule has 0 fully saturated rings. The molecular weight excluding hydrogens is 415 g/mol. The molecule has 6 nitrogen and oxygen atoms in total. The molecule has 0 spiro atoms. The SMILES string of the molecule is CN=C(NCc1ccc(C#N)cc1)NCc1c(C)nn(C)c1C.I. The topological polar surface area (TPSA) is 78.0 Å². The summed E-state index contributed by atoms with van der Waals surface area (Å²) < 4.78 is 1.89. The first kappa shape index (κ1) is 20.0. The second kappa shape index (κ2) is 9.27. The van der Waals surface area contributed by atoms with Crippen molar-refractivity contribution >= 4 is 29.9 Å². The van der Waals surface area contributed by atoms with Crippen LogP contribution in [0.4, 0.5) is 0 Å². The summed E-state index contributed by atoms with van der Waals surface area (Å²) in [5.74, 6) is 0.733. The summed E-state index contributed by atoms with van der Waals surface area (Å²) in [4.78, 5) is 4.23. The molecule has 2 aromatic rings. The first-order chi connectivity index (χ1) is 11.0. The lowest BCUT2D eigenvalue weighted by Gasteiger charge is -2.12. The Balaban J connectivity index is 0.00000288. The van der Waals surface area contributed by atoms with E-state index in [-0.39, 0.29) is 24.0 Å². The third kappa shape index (κ3) is 4.96. The molecule has 0 bridgehead atoms. The Labute approximate surface area is 160 Å². The highest BCUT2D eigenvalue weighted by Crippen LogP contribution is 2.11. The lowest BCUT2D eigenvalue weighted by Crippen LogP contribution is -2.36. The van der Waals surface area contributed by atoms with E-state index in [0.29, 0.717) is 18.7 Å². The standard InChI is InChI=1S/C17H22N6.HI/c1-12-16(13(2)23(4)22-12)11-21-17(19-3)20-10-15-7-5-14(9-18)6-8-15;/h5-8H,10-11H2,1-4H3,(H2,19,20,21);1H. The van der Waals surface area contributed by atoms with Gasteiger partial charge in [0, 0.05) is 38.4 Å². The molecule has 24 heavy (non-hydrogen) atoms. The monoisotopic (exact) mass is 438 g/mol. The number of hydrogen-bond donors (Lipinski definition) is 2. The maximum atomic E-state index is 8.81. The van der Waals surface area contributed by atoms with Crippen molar-refractivity contribution in [1.29, 1.82) is 5.26 Å². The molecule has 128 valence electrons. The zero-order valence-electron chi connectivity index (χ0n) is 14.4. The number of benzene rings is 1. The Kier molecular flexibility index (Phi) is 7.71. The normalized spacial score (nSPS) is 10.7. The molecule has 0 saturated carbocycles. The van der Waals surface area contributed by atoms with E-state index in [9.17, 15) is 0 Å². The van der Waals surface area contributed by atoms with Crippen LogP contribution in [0.5, 0.6) is 0 Å². The average Bonchev–Trinajstić information content (AvgIpc) is 2.81. The van der Waals surface area contributed by atoms with E-state index in [0.717, 1.165) is 22.9 Å². The number of nitrogens with zero attached hydrogens (tertiary/aromatic N) is 4. The Morgan fingerprint density at radius 3 is 2.33 bits per heavy atom. The molecule has 0 saturated heterocycles. The predicted molar refractivity (Wildman–Crippen MR) is 106 cm³/mol. The van der Waals surface area contributed by atoms with Crippen LogP contribution in [0, 0.1) is 25.2 Å². The number of hydrogen-bond acceptors (Lipinski definition) is 3. The molecule has 0 radical (unpaired) electrons. The molecule has 1 aromatic heterocycles. The van der Waals surface area contributed by atoms with Crippen molar-refractivity contribution in [2.75, 3.05) is 7.05 Å². The van der Waals surface area contributed by atoms with Gasteiger partial charge in [-0.25, -0.2) is 0 Å². The number of nitriles is 1. The summed E-state index contributed by atoms with van der Waals surface area (Å²) in [6.45, 7) is 5.40. The van der Waals surface area contributed by atoms with Gasteiger partial charge < -0.3 is 10.6 Å². The number of halogens is 1. The van der Waals surface area contributed by atoms with Crippen molar-refractivity contribution in [3.05, 3.63) is 52.3 Å². The van der Waals surface area contributed by atoms with E-state index in [2.05, 4.69) is 33.7 Å². The van der Waals surface area contributed by atoms with Crippen molar-refractivity contribution in [3.63, 3.8) is 0 Å². The lowest BCUT2D eigenvalue weighted by molar-refractivity contribution is 0.728. The van der Waals surface area contributed by atoms with Crippen LogP contribution in [-0.4, -0.2) is 22.8 Å². The van der Waals surface area contributed by atoms with E-state index < -0.39 is 0 Å². The molecule has 0 aliphatic heterocycles. The van der Waals surface area contributed by atoms with Crippen molar-refractivity contribution in [1.82, 2.24) is 20.4 Å². The van der Waals surface area contributed by atoms with Gasteiger partial charge in [-0.1, -0.05) is 12.1 Å². The molecule has 0 unspecified atom stereocenters. The third-order valence-corrected chi connectivity index (χ3v) is 3.86. The highest BCUT2D eigenvalue weighted by Gasteiger charge is 2.09. The average molecular weight is 438 g/mol. The molecule has 1 heterocycles. The van der Waals surface area contributed by atoms with Gasteiger partial charge in [-0.3, -0.25) is 9.67 Å². The van der Waals surface area contributed by atoms with Gasteiger partial charge in [0.15, 0.2) is 5.96 Å². The second-order valence-corrected chi connectivity index (χ2v) is 5.36. The smallest absolute Gasteiger partial charge is 0.191 e. The van der Waals surface area contributed by atoms with Gasteiger partial charge in [-0.15, -0.1) is 24.0 Å². The maximum absolute atomic E-state index is 8.81. The van der Waals surface area contributed by atoms with Gasteiger partial charge in [-0.2, -0.15) is 10.4 Å². The zero-order valence-corrected chi connectivity index (χ0v) is 16.8. The fourth-order valence-corrected chi connectivity index (χ4v) is 2.35. The minimum atomic E-state index is 0. The van der Waals surface area contributed by atoms with E-state index in [1.54, 1.807) is 7.05 Å². The molecule has 2 N–H and O–H groups in total. The fraction of sp³-hybridized carbons (Fsp3) is 0.353. The molecule has 7 heteroatoms. The Morgan fingerprint density at radius 2 is 1.83 bits per heavy atom. The van der Waals surface area contributed by atoms with E-state index in [1.807, 2.05) is 42.9 Å². The fourth-order valence-electron chi connectivity index (χ4n) is 2.35. The Bertz CT molecular complexity index is 740. The van der Waals surface area contributed by atoms with Gasteiger partial charge in [-0.05, 0) is 31.5 Å². The summed E-state index contributed by atoms with van der Waals surface area (Å²) in [5, 5.41) is 19.8. The molecular formula is C17H23IN6. The molecule has 1 aromatic carbocycles. The van der Waals surface area contributed by atoms with Gasteiger partial charge in [0.1, 0.15) is 0 Å². The number of aromatic nitrogens is 2. The Hall–Kier alpha value is -2.08. The van der Waals surface area contributed by atoms with Gasteiger partial charge in [0.05, 0.1) is 17.3 Å². The predicted octanol–water partition coefficient (Wildman–Crippen LogP) is 2.39. The molecule has 0 aliphatic rings. The minimum absolute atomic E-state index is 0. The highest BCUT2D eigenvalue weighted by atomic mass is 127. The summed E-state index contributed by atoms with van der Waals surface area (Å²) in [5.41, 5.74) is 5.13.